The lowest BCUT2D eigenvalue weighted by Gasteiger charge is -2.13. The average Bonchev–Trinajstić information content (AvgIpc) is 2.37. The number of pyridine rings is 1. The number of urea groups is 1. The molecule has 2 amide bonds. The third-order valence-electron chi connectivity index (χ3n) is 2.59. The molecule has 3 N–H and O–H groups in total. The van der Waals surface area contributed by atoms with E-state index in [1.807, 2.05) is 19.1 Å². The topological polar surface area (TPSA) is 74.2 Å². The second-order valence-corrected chi connectivity index (χ2v) is 4.28. The zero-order valence-electron chi connectivity index (χ0n) is 10.7. The number of amides is 2. The first-order chi connectivity index (χ1) is 8.72. The number of hydrogen-bond donors (Lipinski definition) is 3. The fraction of sp³-hybridized carbons (Fsp3) is 0.538. The Kier molecular flexibility index (Phi) is 6.79. The molecule has 1 atom stereocenters. The van der Waals surface area contributed by atoms with Crippen LogP contribution < -0.4 is 10.6 Å². The fourth-order valence-electron chi connectivity index (χ4n) is 1.61. The molecule has 0 aliphatic rings. The summed E-state index contributed by atoms with van der Waals surface area (Å²) in [6.45, 7) is 2.68. The molecule has 0 bridgehead atoms. The van der Waals surface area contributed by atoms with E-state index in [1.165, 1.54) is 0 Å². The number of nitrogens with zero attached hydrogens (tertiary/aromatic N) is 1. The molecular formula is C13H21N3O2. The van der Waals surface area contributed by atoms with Crippen LogP contribution in [0.4, 0.5) is 4.79 Å². The number of aliphatic hydroxyl groups excluding tert-OH is 1. The highest BCUT2D eigenvalue weighted by atomic mass is 16.3. The summed E-state index contributed by atoms with van der Waals surface area (Å²) in [6, 6.07) is 3.78. The van der Waals surface area contributed by atoms with E-state index in [9.17, 15) is 4.79 Å². The van der Waals surface area contributed by atoms with E-state index < -0.39 is 0 Å². The van der Waals surface area contributed by atoms with Crippen molar-refractivity contribution in [2.75, 3.05) is 13.2 Å². The highest BCUT2D eigenvalue weighted by Crippen LogP contribution is 1.96. The largest absolute Gasteiger partial charge is 0.396 e. The van der Waals surface area contributed by atoms with Gasteiger partial charge in [-0.2, -0.15) is 0 Å². The Morgan fingerprint density at radius 1 is 1.56 bits per heavy atom. The molecule has 0 radical (unpaired) electrons. The van der Waals surface area contributed by atoms with Gasteiger partial charge in [-0.25, -0.2) is 4.79 Å². The highest BCUT2D eigenvalue weighted by Gasteiger charge is 2.05. The number of hydrogen-bond acceptors (Lipinski definition) is 3. The Balaban J connectivity index is 2.13. The van der Waals surface area contributed by atoms with Crippen LogP contribution in [-0.2, 0) is 6.42 Å². The van der Waals surface area contributed by atoms with E-state index in [-0.39, 0.29) is 18.7 Å². The van der Waals surface area contributed by atoms with Gasteiger partial charge in [-0.1, -0.05) is 6.07 Å². The van der Waals surface area contributed by atoms with Gasteiger partial charge in [0, 0.05) is 31.6 Å². The van der Waals surface area contributed by atoms with Crippen molar-refractivity contribution >= 4 is 6.03 Å². The lowest BCUT2D eigenvalue weighted by Crippen LogP contribution is -2.41. The van der Waals surface area contributed by atoms with Crippen molar-refractivity contribution in [2.24, 2.45) is 0 Å². The number of carbonyl (C=O) groups is 1. The minimum absolute atomic E-state index is 0.0792. The predicted octanol–water partition coefficient (Wildman–Crippen LogP) is 1.08. The fourth-order valence-corrected chi connectivity index (χ4v) is 1.61. The number of aliphatic hydroxyl groups is 1. The van der Waals surface area contributed by atoms with Crippen molar-refractivity contribution < 1.29 is 9.90 Å². The normalized spacial score (nSPS) is 11.9. The number of rotatable bonds is 7. The van der Waals surface area contributed by atoms with Gasteiger partial charge >= 0.3 is 6.03 Å². The summed E-state index contributed by atoms with van der Waals surface area (Å²) in [5, 5.41) is 14.3. The molecule has 1 rings (SSSR count). The van der Waals surface area contributed by atoms with Crippen LogP contribution in [0, 0.1) is 0 Å². The van der Waals surface area contributed by atoms with E-state index in [0.717, 1.165) is 18.4 Å². The van der Waals surface area contributed by atoms with Gasteiger partial charge in [-0.15, -0.1) is 0 Å². The second-order valence-electron chi connectivity index (χ2n) is 4.28. The van der Waals surface area contributed by atoms with Gasteiger partial charge in [0.1, 0.15) is 0 Å². The van der Waals surface area contributed by atoms with Crippen LogP contribution in [0.1, 0.15) is 25.3 Å². The van der Waals surface area contributed by atoms with Gasteiger partial charge in [0.15, 0.2) is 0 Å². The third kappa shape index (κ3) is 6.20. The predicted molar refractivity (Wildman–Crippen MR) is 70.3 cm³/mol. The first-order valence-electron chi connectivity index (χ1n) is 6.26. The summed E-state index contributed by atoms with van der Waals surface area (Å²) in [5.74, 6) is 0. The number of carbonyl (C=O) groups excluding carboxylic acids is 1. The van der Waals surface area contributed by atoms with Crippen LogP contribution in [0.2, 0.25) is 0 Å². The van der Waals surface area contributed by atoms with Crippen LogP contribution in [0.25, 0.3) is 0 Å². The Morgan fingerprint density at radius 2 is 2.39 bits per heavy atom. The highest BCUT2D eigenvalue weighted by molar-refractivity contribution is 5.74. The minimum atomic E-state index is -0.163. The van der Waals surface area contributed by atoms with Crippen LogP contribution in [0.3, 0.4) is 0 Å². The monoisotopic (exact) mass is 251 g/mol. The summed E-state index contributed by atoms with van der Waals surface area (Å²) in [7, 11) is 0. The molecular weight excluding hydrogens is 230 g/mol. The molecule has 0 aromatic carbocycles. The Labute approximate surface area is 108 Å². The van der Waals surface area contributed by atoms with Crippen molar-refractivity contribution in [3.63, 3.8) is 0 Å². The summed E-state index contributed by atoms with van der Waals surface area (Å²) in [4.78, 5) is 15.5. The van der Waals surface area contributed by atoms with E-state index in [1.54, 1.807) is 12.4 Å². The van der Waals surface area contributed by atoms with Crippen LogP contribution >= 0.6 is 0 Å². The van der Waals surface area contributed by atoms with Crippen LogP contribution in [0.5, 0.6) is 0 Å². The smallest absolute Gasteiger partial charge is 0.315 e. The molecule has 5 heteroatoms. The van der Waals surface area contributed by atoms with Gasteiger partial charge in [0.25, 0.3) is 0 Å². The number of nitrogens with one attached hydrogen (secondary N) is 2. The molecule has 0 aliphatic heterocycles. The van der Waals surface area contributed by atoms with Crippen molar-refractivity contribution in [3.8, 4) is 0 Å². The van der Waals surface area contributed by atoms with Crippen molar-refractivity contribution in [3.05, 3.63) is 30.1 Å². The lowest BCUT2D eigenvalue weighted by atomic mass is 10.2. The zero-order valence-corrected chi connectivity index (χ0v) is 10.7. The van der Waals surface area contributed by atoms with Gasteiger partial charge < -0.3 is 15.7 Å². The Hall–Kier alpha value is -1.62. The van der Waals surface area contributed by atoms with Gasteiger partial charge in [0.2, 0.25) is 0 Å². The minimum Gasteiger partial charge on any atom is -0.396 e. The molecule has 0 saturated carbocycles. The van der Waals surface area contributed by atoms with Gasteiger partial charge in [-0.3, -0.25) is 4.98 Å². The maximum Gasteiger partial charge on any atom is 0.315 e. The third-order valence-corrected chi connectivity index (χ3v) is 2.59. The molecule has 0 saturated heterocycles. The molecule has 1 aromatic rings. The maximum absolute atomic E-state index is 11.5. The van der Waals surface area contributed by atoms with Gasteiger partial charge in [0.05, 0.1) is 0 Å². The van der Waals surface area contributed by atoms with Crippen molar-refractivity contribution in [2.45, 2.75) is 32.2 Å². The van der Waals surface area contributed by atoms with Gasteiger partial charge in [-0.05, 0) is 37.8 Å². The summed E-state index contributed by atoms with van der Waals surface area (Å²) in [5.41, 5.74) is 1.10. The van der Waals surface area contributed by atoms with E-state index >= 15 is 0 Å². The molecule has 0 fully saturated rings. The zero-order chi connectivity index (χ0) is 13.2. The molecule has 100 valence electrons. The summed E-state index contributed by atoms with van der Waals surface area (Å²) >= 11 is 0. The lowest BCUT2D eigenvalue weighted by molar-refractivity contribution is 0.234. The van der Waals surface area contributed by atoms with Crippen molar-refractivity contribution in [1.82, 2.24) is 15.6 Å². The van der Waals surface area contributed by atoms with Crippen molar-refractivity contribution in [1.29, 1.82) is 0 Å². The number of aromatic nitrogens is 1. The molecule has 0 unspecified atom stereocenters. The maximum atomic E-state index is 11.5. The second kappa shape index (κ2) is 8.47. The van der Waals surface area contributed by atoms with E-state index in [4.69, 9.17) is 5.11 Å². The molecule has 1 heterocycles. The molecule has 0 spiro atoms. The summed E-state index contributed by atoms with van der Waals surface area (Å²) < 4.78 is 0. The van der Waals surface area contributed by atoms with E-state index in [2.05, 4.69) is 15.6 Å². The Bertz CT molecular complexity index is 343. The van der Waals surface area contributed by atoms with E-state index in [0.29, 0.717) is 13.0 Å². The Morgan fingerprint density at radius 3 is 3.06 bits per heavy atom. The van der Waals surface area contributed by atoms with Crippen LogP contribution in [0.15, 0.2) is 24.5 Å². The molecule has 1 aromatic heterocycles. The first-order valence-corrected chi connectivity index (χ1v) is 6.26. The quantitative estimate of drug-likeness (QED) is 0.679. The molecule has 18 heavy (non-hydrogen) atoms. The molecule has 5 nitrogen and oxygen atoms in total. The first kappa shape index (κ1) is 14.4. The van der Waals surface area contributed by atoms with Crippen LogP contribution in [-0.4, -0.2) is 35.3 Å². The average molecular weight is 251 g/mol. The standard InChI is InChI=1S/C13H21N3O2/c1-11(4-3-9-17)16-13(18)15-8-6-12-5-2-7-14-10-12/h2,5,7,10-11,17H,3-4,6,8-9H2,1H3,(H2,15,16,18)/t11-/m0/s1. The molecule has 0 aliphatic carbocycles. The SMILES string of the molecule is C[C@@H](CCCO)NC(=O)NCCc1cccnc1. The summed E-state index contributed by atoms with van der Waals surface area (Å²) in [6.07, 6.45) is 5.78.